The van der Waals surface area contributed by atoms with Crippen molar-refractivity contribution in [1.82, 2.24) is 4.98 Å². The van der Waals surface area contributed by atoms with E-state index in [1.807, 2.05) is 18.6 Å². The normalized spacial score (nSPS) is 22.3. The van der Waals surface area contributed by atoms with E-state index in [0.717, 1.165) is 17.7 Å². The van der Waals surface area contributed by atoms with Gasteiger partial charge in [-0.05, 0) is 79.1 Å². The molecule has 8 rings (SSSR count). The van der Waals surface area contributed by atoms with Crippen LogP contribution in [0.4, 0.5) is 0 Å². The van der Waals surface area contributed by atoms with Gasteiger partial charge < -0.3 is 0 Å². The highest BCUT2D eigenvalue weighted by Crippen LogP contribution is 2.50. The Morgan fingerprint density at radius 2 is 1.53 bits per heavy atom. The van der Waals surface area contributed by atoms with E-state index in [1.165, 1.54) is 49.7 Å². The molecule has 0 radical (unpaired) electrons. The molecule has 4 aromatic carbocycles. The molecule has 0 amide bonds. The first-order valence-electron chi connectivity index (χ1n) is 15.1. The summed E-state index contributed by atoms with van der Waals surface area (Å²) in [4.78, 5) is 8.96. The minimum atomic E-state index is -0.175. The van der Waals surface area contributed by atoms with Gasteiger partial charge in [-0.2, -0.15) is 0 Å². The summed E-state index contributed by atoms with van der Waals surface area (Å²) in [5.74, 6) is 0.591. The summed E-state index contributed by atoms with van der Waals surface area (Å²) >= 11 is 0. The van der Waals surface area contributed by atoms with Gasteiger partial charge in [0, 0.05) is 35.9 Å². The highest BCUT2D eigenvalue weighted by molar-refractivity contribution is 6.11. The summed E-state index contributed by atoms with van der Waals surface area (Å²) in [6.07, 6.45) is 17.2. The molecule has 3 atom stereocenters. The molecule has 0 saturated carbocycles. The number of hydrogen-bond acceptors (Lipinski definition) is 2. The Morgan fingerprint density at radius 1 is 0.744 bits per heavy atom. The van der Waals surface area contributed by atoms with Crippen LogP contribution < -0.4 is 0 Å². The molecule has 1 aliphatic heterocycles. The fourth-order valence-electron chi connectivity index (χ4n) is 7.21. The Bertz CT molecular complexity index is 2010. The van der Waals surface area contributed by atoms with Gasteiger partial charge in [-0.1, -0.05) is 122 Å². The van der Waals surface area contributed by atoms with Crippen LogP contribution in [0.15, 0.2) is 156 Å². The SMILES string of the molecule is CC1(c2ccc3cc(C4=C5C=CC=CC5C(c5ccccc5)c5ccccc54)ccc3c2)C=C(c2ccncc2)C=NC1. The van der Waals surface area contributed by atoms with Crippen molar-refractivity contribution in [2.45, 2.75) is 18.3 Å². The van der Waals surface area contributed by atoms with Crippen LogP contribution in [0, 0.1) is 5.92 Å². The van der Waals surface area contributed by atoms with Gasteiger partial charge >= 0.3 is 0 Å². The maximum Gasteiger partial charge on any atom is 0.0518 e. The van der Waals surface area contributed by atoms with Crippen LogP contribution in [-0.2, 0) is 5.41 Å². The molecule has 0 fully saturated rings. The summed E-state index contributed by atoms with van der Waals surface area (Å²) in [6.45, 7) is 3.03. The molecule has 43 heavy (non-hydrogen) atoms. The molecule has 0 bridgehead atoms. The molecular weight excluding hydrogens is 520 g/mol. The first kappa shape index (κ1) is 25.6. The molecule has 5 aromatic rings. The monoisotopic (exact) mass is 552 g/mol. The standard InChI is InChI=1S/C41H32N2/c1-41(25-33(26-43-27-41)28-19-21-42-22-20-28)34-18-17-30-23-32(16-15-31(30)24-34)40-37-13-7-5-11-35(37)39(29-9-3-2-4-10-29)36-12-6-8-14-38(36)40/h2-26,35,39H,27H2,1H3. The van der Waals surface area contributed by atoms with Crippen molar-refractivity contribution in [3.8, 4) is 0 Å². The van der Waals surface area contributed by atoms with E-state index in [-0.39, 0.29) is 5.41 Å². The largest absolute Gasteiger partial charge is 0.291 e. The number of aromatic nitrogens is 1. The van der Waals surface area contributed by atoms with Gasteiger partial charge in [-0.15, -0.1) is 0 Å². The summed E-state index contributed by atoms with van der Waals surface area (Å²) in [5.41, 5.74) is 11.5. The van der Waals surface area contributed by atoms with Gasteiger partial charge in [0.2, 0.25) is 0 Å². The lowest BCUT2D eigenvalue weighted by atomic mass is 9.66. The Labute approximate surface area is 253 Å². The third-order valence-corrected chi connectivity index (χ3v) is 9.36. The minimum absolute atomic E-state index is 0.175. The molecule has 3 unspecified atom stereocenters. The topological polar surface area (TPSA) is 25.2 Å². The lowest BCUT2D eigenvalue weighted by molar-refractivity contribution is 0.609. The van der Waals surface area contributed by atoms with Crippen molar-refractivity contribution in [3.05, 3.63) is 185 Å². The maximum absolute atomic E-state index is 4.78. The quantitative estimate of drug-likeness (QED) is 0.218. The van der Waals surface area contributed by atoms with Crippen LogP contribution in [0.5, 0.6) is 0 Å². The summed E-state index contributed by atoms with van der Waals surface area (Å²) in [6, 6.07) is 38.0. The van der Waals surface area contributed by atoms with Crippen LogP contribution in [0.3, 0.4) is 0 Å². The van der Waals surface area contributed by atoms with Crippen LogP contribution in [0.25, 0.3) is 21.9 Å². The van der Waals surface area contributed by atoms with Crippen molar-refractivity contribution in [3.63, 3.8) is 0 Å². The van der Waals surface area contributed by atoms with E-state index in [0.29, 0.717) is 11.8 Å². The first-order chi connectivity index (χ1) is 21.2. The molecular formula is C41H32N2. The third kappa shape index (κ3) is 4.42. The molecule has 2 heterocycles. The van der Waals surface area contributed by atoms with Crippen molar-refractivity contribution in [1.29, 1.82) is 0 Å². The number of dihydropyridines is 1. The van der Waals surface area contributed by atoms with Gasteiger partial charge in [-0.25, -0.2) is 0 Å². The predicted octanol–water partition coefficient (Wildman–Crippen LogP) is 9.35. The Kier molecular flexibility index (Phi) is 6.15. The number of benzene rings is 4. The molecule has 3 aliphatic rings. The van der Waals surface area contributed by atoms with E-state index < -0.39 is 0 Å². The summed E-state index contributed by atoms with van der Waals surface area (Å²) in [7, 11) is 0. The van der Waals surface area contributed by atoms with Crippen LogP contribution in [-0.4, -0.2) is 17.7 Å². The van der Waals surface area contributed by atoms with Gasteiger partial charge in [0.25, 0.3) is 0 Å². The fourth-order valence-corrected chi connectivity index (χ4v) is 7.21. The Hall–Kier alpha value is -5.08. The number of allylic oxidation sites excluding steroid dienone is 6. The molecule has 2 nitrogen and oxygen atoms in total. The molecule has 0 N–H and O–H groups in total. The maximum atomic E-state index is 4.78. The van der Waals surface area contributed by atoms with Crippen molar-refractivity contribution < 1.29 is 0 Å². The third-order valence-electron chi connectivity index (χ3n) is 9.36. The average Bonchev–Trinajstić information content (AvgIpc) is 3.07. The van der Waals surface area contributed by atoms with E-state index in [1.54, 1.807) is 0 Å². The molecule has 1 aromatic heterocycles. The summed E-state index contributed by atoms with van der Waals surface area (Å²) in [5, 5.41) is 2.51. The summed E-state index contributed by atoms with van der Waals surface area (Å²) < 4.78 is 0. The van der Waals surface area contributed by atoms with Gasteiger partial charge in [0.15, 0.2) is 0 Å². The number of rotatable bonds is 4. The lowest BCUT2D eigenvalue weighted by Crippen LogP contribution is -2.26. The second kappa shape index (κ2) is 10.3. The zero-order chi connectivity index (χ0) is 28.8. The second-order valence-electron chi connectivity index (χ2n) is 12.1. The van der Waals surface area contributed by atoms with E-state index >= 15 is 0 Å². The number of hydrogen-bond donors (Lipinski definition) is 0. The van der Waals surface area contributed by atoms with Gasteiger partial charge in [0.1, 0.15) is 0 Å². The Morgan fingerprint density at radius 3 is 2.42 bits per heavy atom. The van der Waals surface area contributed by atoms with E-state index in [9.17, 15) is 0 Å². The number of fused-ring (bicyclic) bond motifs is 3. The molecule has 206 valence electrons. The first-order valence-corrected chi connectivity index (χ1v) is 15.1. The van der Waals surface area contributed by atoms with Crippen molar-refractivity contribution >= 4 is 28.1 Å². The zero-order valence-electron chi connectivity index (χ0n) is 24.2. The molecule has 0 saturated heterocycles. The number of nitrogens with zero attached hydrogens (tertiary/aromatic N) is 2. The highest BCUT2D eigenvalue weighted by atomic mass is 14.7. The van der Waals surface area contributed by atoms with Crippen molar-refractivity contribution in [2.24, 2.45) is 10.9 Å². The predicted molar refractivity (Wildman–Crippen MR) is 179 cm³/mol. The van der Waals surface area contributed by atoms with Gasteiger partial charge in [-0.3, -0.25) is 9.98 Å². The fraction of sp³-hybridized carbons (Fsp3) is 0.122. The Balaban J connectivity index is 1.22. The van der Waals surface area contributed by atoms with Crippen LogP contribution >= 0.6 is 0 Å². The van der Waals surface area contributed by atoms with Gasteiger partial charge in [0.05, 0.1) is 6.54 Å². The molecule has 0 spiro atoms. The van der Waals surface area contributed by atoms with E-state index in [4.69, 9.17) is 4.99 Å². The second-order valence-corrected chi connectivity index (χ2v) is 12.1. The van der Waals surface area contributed by atoms with Crippen LogP contribution in [0.2, 0.25) is 0 Å². The van der Waals surface area contributed by atoms with E-state index in [2.05, 4.69) is 145 Å². The van der Waals surface area contributed by atoms with Crippen molar-refractivity contribution in [2.75, 3.05) is 6.54 Å². The highest BCUT2D eigenvalue weighted by Gasteiger charge is 2.35. The molecule has 2 aliphatic carbocycles. The zero-order valence-corrected chi connectivity index (χ0v) is 24.2. The van der Waals surface area contributed by atoms with Crippen LogP contribution in [0.1, 0.15) is 46.2 Å². The number of pyridine rings is 1. The number of aliphatic imine (C=N–C) groups is 1. The molecule has 2 heteroatoms. The minimum Gasteiger partial charge on any atom is -0.291 e. The smallest absolute Gasteiger partial charge is 0.0518 e. The average molecular weight is 553 g/mol. The lowest BCUT2D eigenvalue weighted by Gasteiger charge is -2.37.